The Kier molecular flexibility index (Phi) is 6.51. The maximum Gasteiger partial charge on any atom is 0.253 e. The number of rotatable bonds is 7. The molecule has 1 aromatic carbocycles. The molecule has 0 fully saturated rings. The summed E-state index contributed by atoms with van der Waals surface area (Å²) in [6.45, 7) is 5.55. The van der Waals surface area contributed by atoms with Crippen molar-refractivity contribution in [1.82, 2.24) is 15.6 Å². The number of pyridine rings is 1. The smallest absolute Gasteiger partial charge is 0.253 e. The number of nitrogens with one attached hydrogen (secondary N) is 2. The van der Waals surface area contributed by atoms with Crippen molar-refractivity contribution in [3.8, 4) is 11.6 Å². The van der Waals surface area contributed by atoms with Crippen LogP contribution >= 0.6 is 0 Å². The van der Waals surface area contributed by atoms with Crippen LogP contribution < -0.4 is 15.4 Å². The van der Waals surface area contributed by atoms with Crippen LogP contribution in [0.3, 0.4) is 0 Å². The van der Waals surface area contributed by atoms with Crippen LogP contribution in [0.2, 0.25) is 0 Å². The third-order valence-electron chi connectivity index (χ3n) is 3.71. The molecule has 0 aliphatic heterocycles. The third kappa shape index (κ3) is 5.60. The maximum absolute atomic E-state index is 12.2. The van der Waals surface area contributed by atoms with E-state index >= 15 is 0 Å². The van der Waals surface area contributed by atoms with E-state index in [1.807, 2.05) is 44.2 Å². The lowest BCUT2D eigenvalue weighted by atomic mass is 10.2. The minimum atomic E-state index is -0.623. The van der Waals surface area contributed by atoms with Gasteiger partial charge >= 0.3 is 0 Å². The fourth-order valence-electron chi connectivity index (χ4n) is 2.00. The molecule has 0 spiro atoms. The van der Waals surface area contributed by atoms with Crippen molar-refractivity contribution in [3.63, 3.8) is 0 Å². The molecule has 25 heavy (non-hydrogen) atoms. The van der Waals surface area contributed by atoms with Gasteiger partial charge < -0.3 is 15.4 Å². The number of nitrogens with zero attached hydrogens (tertiary/aromatic N) is 1. The largest absolute Gasteiger partial charge is 0.439 e. The van der Waals surface area contributed by atoms with Gasteiger partial charge in [-0.2, -0.15) is 0 Å². The number of carbonyl (C=O) groups is 2. The monoisotopic (exact) mass is 341 g/mol. The van der Waals surface area contributed by atoms with E-state index in [0.29, 0.717) is 17.2 Å². The van der Waals surface area contributed by atoms with E-state index in [9.17, 15) is 9.59 Å². The molecule has 2 atom stereocenters. The Labute approximate surface area is 147 Å². The van der Waals surface area contributed by atoms with E-state index < -0.39 is 6.04 Å². The van der Waals surface area contributed by atoms with Gasteiger partial charge in [0.25, 0.3) is 5.91 Å². The average molecular weight is 341 g/mol. The SMILES string of the molecule is CCC(C)NC(=O)C(C)NC(=O)c1ccc(Oc2ccccc2)nc1. The fourth-order valence-corrected chi connectivity index (χ4v) is 2.00. The number of ether oxygens (including phenoxy) is 1. The molecule has 0 bridgehead atoms. The number of hydrogen-bond donors (Lipinski definition) is 2. The summed E-state index contributed by atoms with van der Waals surface area (Å²) in [5, 5.41) is 5.50. The van der Waals surface area contributed by atoms with Crippen molar-refractivity contribution in [3.05, 3.63) is 54.2 Å². The van der Waals surface area contributed by atoms with Crippen LogP contribution in [0.1, 0.15) is 37.6 Å². The van der Waals surface area contributed by atoms with Gasteiger partial charge in [0.05, 0.1) is 5.56 Å². The zero-order valence-corrected chi connectivity index (χ0v) is 14.7. The summed E-state index contributed by atoms with van der Waals surface area (Å²) in [7, 11) is 0. The number of aromatic nitrogens is 1. The first-order chi connectivity index (χ1) is 12.0. The normalized spacial score (nSPS) is 12.8. The van der Waals surface area contributed by atoms with Gasteiger partial charge in [-0.3, -0.25) is 9.59 Å². The highest BCUT2D eigenvalue weighted by molar-refractivity contribution is 5.97. The predicted octanol–water partition coefficient (Wildman–Crippen LogP) is 2.91. The van der Waals surface area contributed by atoms with Crippen LogP contribution in [-0.4, -0.2) is 28.9 Å². The molecule has 2 amide bonds. The molecule has 1 heterocycles. The molecule has 0 saturated carbocycles. The highest BCUT2D eigenvalue weighted by Gasteiger charge is 2.18. The molecule has 6 heteroatoms. The summed E-state index contributed by atoms with van der Waals surface area (Å²) in [5.74, 6) is 0.498. The van der Waals surface area contributed by atoms with Crippen molar-refractivity contribution < 1.29 is 14.3 Å². The van der Waals surface area contributed by atoms with Crippen molar-refractivity contribution in [2.24, 2.45) is 0 Å². The Balaban J connectivity index is 1.92. The van der Waals surface area contributed by atoms with Crippen molar-refractivity contribution in [2.75, 3.05) is 0 Å². The number of carbonyl (C=O) groups excluding carboxylic acids is 2. The number of benzene rings is 1. The molecule has 2 unspecified atom stereocenters. The lowest BCUT2D eigenvalue weighted by Gasteiger charge is -2.17. The number of amides is 2. The van der Waals surface area contributed by atoms with E-state index in [0.717, 1.165) is 6.42 Å². The first-order valence-corrected chi connectivity index (χ1v) is 8.29. The molecule has 2 N–H and O–H groups in total. The molecular weight excluding hydrogens is 318 g/mol. The Hall–Kier alpha value is -2.89. The van der Waals surface area contributed by atoms with Gasteiger partial charge in [-0.25, -0.2) is 4.98 Å². The predicted molar refractivity (Wildman–Crippen MR) is 95.6 cm³/mol. The van der Waals surface area contributed by atoms with Gasteiger partial charge in [-0.05, 0) is 38.5 Å². The van der Waals surface area contributed by atoms with E-state index in [2.05, 4.69) is 15.6 Å². The van der Waals surface area contributed by atoms with E-state index in [1.54, 1.807) is 19.1 Å². The van der Waals surface area contributed by atoms with Gasteiger partial charge in [0.2, 0.25) is 11.8 Å². The topological polar surface area (TPSA) is 80.3 Å². The lowest BCUT2D eigenvalue weighted by Crippen LogP contribution is -2.47. The second kappa shape index (κ2) is 8.82. The van der Waals surface area contributed by atoms with Crippen LogP contribution in [0, 0.1) is 0 Å². The summed E-state index contributed by atoms with van der Waals surface area (Å²) in [5.41, 5.74) is 0.364. The van der Waals surface area contributed by atoms with Gasteiger partial charge in [-0.15, -0.1) is 0 Å². The highest BCUT2D eigenvalue weighted by Crippen LogP contribution is 2.18. The van der Waals surface area contributed by atoms with Crippen molar-refractivity contribution in [2.45, 2.75) is 39.3 Å². The van der Waals surface area contributed by atoms with Crippen LogP contribution in [0.15, 0.2) is 48.7 Å². The summed E-state index contributed by atoms with van der Waals surface area (Å²) >= 11 is 0. The minimum Gasteiger partial charge on any atom is -0.439 e. The maximum atomic E-state index is 12.2. The fraction of sp³-hybridized carbons (Fsp3) is 0.316. The molecule has 132 valence electrons. The molecule has 0 radical (unpaired) electrons. The Bertz CT molecular complexity index is 702. The molecule has 0 saturated heterocycles. The Morgan fingerprint density at radius 1 is 1.08 bits per heavy atom. The second-order valence-corrected chi connectivity index (χ2v) is 5.81. The first kappa shape index (κ1) is 18.4. The molecule has 0 aliphatic carbocycles. The summed E-state index contributed by atoms with van der Waals surface area (Å²) in [6, 6.07) is 11.9. The molecular formula is C19H23N3O3. The van der Waals surface area contributed by atoms with Gasteiger partial charge in [0.1, 0.15) is 11.8 Å². The lowest BCUT2D eigenvalue weighted by molar-refractivity contribution is -0.123. The molecule has 1 aromatic heterocycles. The summed E-state index contributed by atoms with van der Waals surface area (Å²) in [4.78, 5) is 28.3. The van der Waals surface area contributed by atoms with E-state index in [-0.39, 0.29) is 17.9 Å². The Morgan fingerprint density at radius 2 is 1.80 bits per heavy atom. The van der Waals surface area contributed by atoms with Crippen LogP contribution in [0.5, 0.6) is 11.6 Å². The zero-order chi connectivity index (χ0) is 18.2. The number of hydrogen-bond acceptors (Lipinski definition) is 4. The van der Waals surface area contributed by atoms with E-state index in [1.165, 1.54) is 6.20 Å². The summed E-state index contributed by atoms with van der Waals surface area (Å²) in [6.07, 6.45) is 2.26. The molecule has 2 aromatic rings. The summed E-state index contributed by atoms with van der Waals surface area (Å²) < 4.78 is 5.58. The second-order valence-electron chi connectivity index (χ2n) is 5.81. The minimum absolute atomic E-state index is 0.0722. The Morgan fingerprint density at radius 3 is 2.40 bits per heavy atom. The third-order valence-corrected chi connectivity index (χ3v) is 3.71. The van der Waals surface area contributed by atoms with Crippen LogP contribution in [0.25, 0.3) is 0 Å². The van der Waals surface area contributed by atoms with Gasteiger partial charge in [0, 0.05) is 18.3 Å². The van der Waals surface area contributed by atoms with Gasteiger partial charge in [0.15, 0.2) is 0 Å². The molecule has 2 rings (SSSR count). The van der Waals surface area contributed by atoms with Crippen molar-refractivity contribution in [1.29, 1.82) is 0 Å². The van der Waals surface area contributed by atoms with Crippen molar-refractivity contribution >= 4 is 11.8 Å². The first-order valence-electron chi connectivity index (χ1n) is 8.29. The highest BCUT2D eigenvalue weighted by atomic mass is 16.5. The van der Waals surface area contributed by atoms with E-state index in [4.69, 9.17) is 4.74 Å². The standard InChI is InChI=1S/C19H23N3O3/c1-4-13(2)21-18(23)14(3)22-19(24)15-10-11-17(20-12-15)25-16-8-6-5-7-9-16/h5-14H,4H2,1-3H3,(H,21,23)(H,22,24). The number of para-hydroxylation sites is 1. The van der Waals surface area contributed by atoms with Gasteiger partial charge in [-0.1, -0.05) is 25.1 Å². The quantitative estimate of drug-likeness (QED) is 0.811. The van der Waals surface area contributed by atoms with Crippen LogP contribution in [0.4, 0.5) is 0 Å². The van der Waals surface area contributed by atoms with Crippen LogP contribution in [-0.2, 0) is 4.79 Å². The molecule has 0 aliphatic rings. The average Bonchev–Trinajstić information content (AvgIpc) is 2.62. The molecule has 6 nitrogen and oxygen atoms in total. The zero-order valence-electron chi connectivity index (χ0n) is 14.7.